The number of rotatable bonds is 6. The Morgan fingerprint density at radius 1 is 1.50 bits per heavy atom. The average Bonchev–Trinajstić information content (AvgIpc) is 2.42. The number of hydrazine groups is 1. The second-order valence-electron chi connectivity index (χ2n) is 4.35. The highest BCUT2D eigenvalue weighted by atomic mass is 16.6. The van der Waals surface area contributed by atoms with Crippen molar-refractivity contribution in [3.05, 3.63) is 22.2 Å². The largest absolute Gasteiger partial charge is 0.467 e. The van der Waals surface area contributed by atoms with Crippen LogP contribution in [0.2, 0.25) is 0 Å². The van der Waals surface area contributed by atoms with Crippen LogP contribution in [-0.2, 0) is 9.53 Å². The minimum absolute atomic E-state index is 0.0467. The number of nitrogen functional groups attached to an aromatic ring is 1. The monoisotopic (exact) mass is 283 g/mol. The maximum Gasteiger partial charge on any atom is 0.328 e. The molecule has 0 aromatic carbocycles. The summed E-state index contributed by atoms with van der Waals surface area (Å²) in [6, 6.07) is 1.87. The van der Waals surface area contributed by atoms with E-state index in [1.807, 2.05) is 0 Å². The summed E-state index contributed by atoms with van der Waals surface area (Å²) >= 11 is 0. The number of anilines is 2. The maximum absolute atomic E-state index is 11.7. The van der Waals surface area contributed by atoms with Crippen LogP contribution in [0.1, 0.15) is 13.8 Å². The minimum atomic E-state index is -0.751. The van der Waals surface area contributed by atoms with E-state index in [0.29, 0.717) is 0 Å². The van der Waals surface area contributed by atoms with E-state index in [-0.39, 0.29) is 23.2 Å². The van der Waals surface area contributed by atoms with Crippen LogP contribution in [0.25, 0.3) is 0 Å². The first kappa shape index (κ1) is 15.6. The maximum atomic E-state index is 11.7. The summed E-state index contributed by atoms with van der Waals surface area (Å²) in [5.41, 5.74) is 2.04. The number of methoxy groups -OCH3 is 1. The zero-order chi connectivity index (χ0) is 15.3. The average molecular weight is 283 g/mol. The molecule has 1 aromatic heterocycles. The first-order chi connectivity index (χ1) is 9.40. The number of nitro groups is 1. The second kappa shape index (κ2) is 6.66. The molecule has 0 saturated carbocycles. The highest BCUT2D eigenvalue weighted by molar-refractivity contribution is 5.80. The Hall–Kier alpha value is -2.42. The van der Waals surface area contributed by atoms with Crippen LogP contribution < -0.4 is 16.6 Å². The number of esters is 1. The van der Waals surface area contributed by atoms with Gasteiger partial charge in [0.1, 0.15) is 11.9 Å². The van der Waals surface area contributed by atoms with E-state index >= 15 is 0 Å². The third kappa shape index (κ3) is 3.54. The molecule has 0 aliphatic carbocycles. The fraction of sp³-hybridized carbons (Fsp3) is 0.455. The SMILES string of the molecule is COC(=O)C(Nc1nc(NN)ccc1[N+](=O)[O-])C(C)C. The van der Waals surface area contributed by atoms with Gasteiger partial charge >= 0.3 is 11.7 Å². The smallest absolute Gasteiger partial charge is 0.328 e. The van der Waals surface area contributed by atoms with Crippen molar-refractivity contribution in [1.82, 2.24) is 4.98 Å². The van der Waals surface area contributed by atoms with Gasteiger partial charge in [0.15, 0.2) is 0 Å². The van der Waals surface area contributed by atoms with Crippen molar-refractivity contribution in [3.8, 4) is 0 Å². The number of pyridine rings is 1. The van der Waals surface area contributed by atoms with Gasteiger partial charge in [0, 0.05) is 6.07 Å². The van der Waals surface area contributed by atoms with Crippen molar-refractivity contribution in [1.29, 1.82) is 0 Å². The molecule has 1 rings (SSSR count). The van der Waals surface area contributed by atoms with Crippen LogP contribution in [0.15, 0.2) is 12.1 Å². The lowest BCUT2D eigenvalue weighted by molar-refractivity contribution is -0.384. The molecule has 1 aromatic rings. The Kier molecular flexibility index (Phi) is 5.21. The molecular formula is C11H17N5O4. The Bertz CT molecular complexity index is 506. The third-order valence-corrected chi connectivity index (χ3v) is 2.63. The van der Waals surface area contributed by atoms with Crippen molar-refractivity contribution < 1.29 is 14.5 Å². The molecule has 4 N–H and O–H groups in total. The molecule has 0 aliphatic heterocycles. The molecule has 0 saturated heterocycles. The van der Waals surface area contributed by atoms with Crippen molar-refractivity contribution >= 4 is 23.3 Å². The number of nitrogens with one attached hydrogen (secondary N) is 2. The zero-order valence-electron chi connectivity index (χ0n) is 11.4. The summed E-state index contributed by atoms with van der Waals surface area (Å²) in [7, 11) is 1.25. The molecule has 0 radical (unpaired) electrons. The molecule has 1 heterocycles. The van der Waals surface area contributed by atoms with E-state index in [1.165, 1.54) is 19.2 Å². The van der Waals surface area contributed by atoms with E-state index < -0.39 is 16.9 Å². The van der Waals surface area contributed by atoms with E-state index in [0.717, 1.165) is 0 Å². The summed E-state index contributed by atoms with van der Waals surface area (Å²) in [6.45, 7) is 3.57. The van der Waals surface area contributed by atoms with Crippen molar-refractivity contribution in [3.63, 3.8) is 0 Å². The van der Waals surface area contributed by atoms with Gasteiger partial charge in [0.25, 0.3) is 0 Å². The molecule has 0 fully saturated rings. The Morgan fingerprint density at radius 2 is 2.15 bits per heavy atom. The first-order valence-electron chi connectivity index (χ1n) is 5.87. The van der Waals surface area contributed by atoms with E-state index in [1.54, 1.807) is 13.8 Å². The molecule has 0 bridgehead atoms. The highest BCUT2D eigenvalue weighted by Gasteiger charge is 2.27. The molecule has 0 spiro atoms. The van der Waals surface area contributed by atoms with E-state index in [2.05, 4.69) is 20.5 Å². The number of hydrogen-bond donors (Lipinski definition) is 3. The van der Waals surface area contributed by atoms with E-state index in [4.69, 9.17) is 5.84 Å². The van der Waals surface area contributed by atoms with Gasteiger partial charge < -0.3 is 15.5 Å². The van der Waals surface area contributed by atoms with Crippen LogP contribution in [0.4, 0.5) is 17.3 Å². The third-order valence-electron chi connectivity index (χ3n) is 2.63. The molecule has 0 amide bonds. The van der Waals surface area contributed by atoms with Crippen LogP contribution in [-0.4, -0.2) is 29.0 Å². The Balaban J connectivity index is 3.15. The van der Waals surface area contributed by atoms with Crippen LogP contribution in [0.3, 0.4) is 0 Å². The van der Waals surface area contributed by atoms with Gasteiger partial charge in [0.2, 0.25) is 5.82 Å². The molecule has 110 valence electrons. The first-order valence-corrected chi connectivity index (χ1v) is 5.87. The number of carbonyl (C=O) groups excluding carboxylic acids is 1. The van der Waals surface area contributed by atoms with Crippen LogP contribution in [0, 0.1) is 16.0 Å². The number of hydrogen-bond acceptors (Lipinski definition) is 8. The quantitative estimate of drug-likeness (QED) is 0.303. The molecule has 0 aliphatic rings. The number of nitrogens with zero attached hydrogens (tertiary/aromatic N) is 2. The Labute approximate surface area is 115 Å². The number of carbonyl (C=O) groups is 1. The predicted molar refractivity (Wildman–Crippen MR) is 73.0 cm³/mol. The van der Waals surface area contributed by atoms with Gasteiger partial charge in [-0.15, -0.1) is 0 Å². The fourth-order valence-electron chi connectivity index (χ4n) is 1.56. The van der Waals surface area contributed by atoms with Crippen molar-refractivity contribution in [2.75, 3.05) is 17.9 Å². The van der Waals surface area contributed by atoms with Crippen LogP contribution >= 0.6 is 0 Å². The van der Waals surface area contributed by atoms with Gasteiger partial charge in [-0.05, 0) is 12.0 Å². The lowest BCUT2D eigenvalue weighted by Crippen LogP contribution is -2.36. The molecule has 20 heavy (non-hydrogen) atoms. The molecule has 9 nitrogen and oxygen atoms in total. The van der Waals surface area contributed by atoms with Crippen LogP contribution in [0.5, 0.6) is 0 Å². The van der Waals surface area contributed by atoms with Gasteiger partial charge in [-0.2, -0.15) is 0 Å². The molecule has 9 heteroatoms. The minimum Gasteiger partial charge on any atom is -0.467 e. The number of ether oxygens (including phenoxy) is 1. The van der Waals surface area contributed by atoms with Gasteiger partial charge in [0.05, 0.1) is 12.0 Å². The number of aromatic nitrogens is 1. The molecule has 1 unspecified atom stereocenters. The molecular weight excluding hydrogens is 266 g/mol. The summed E-state index contributed by atoms with van der Waals surface area (Å²) in [5.74, 6) is 4.75. The zero-order valence-corrected chi connectivity index (χ0v) is 11.4. The predicted octanol–water partition coefficient (Wildman–Crippen LogP) is 0.885. The summed E-state index contributed by atoms with van der Waals surface area (Å²) in [6.07, 6.45) is 0. The highest BCUT2D eigenvalue weighted by Crippen LogP contribution is 2.25. The lowest BCUT2D eigenvalue weighted by atomic mass is 10.0. The standard InChI is InChI=1S/C11H17N5O4/c1-6(2)9(11(17)20-3)14-10-7(16(18)19)4-5-8(13-10)15-12/h4-6,9H,12H2,1-3H3,(H2,13,14,15). The van der Waals surface area contributed by atoms with Crippen molar-refractivity contribution in [2.45, 2.75) is 19.9 Å². The number of nitrogens with two attached hydrogens (primary N) is 1. The summed E-state index contributed by atoms with van der Waals surface area (Å²) < 4.78 is 4.66. The second-order valence-corrected chi connectivity index (χ2v) is 4.35. The lowest BCUT2D eigenvalue weighted by Gasteiger charge is -2.20. The molecule has 1 atom stereocenters. The topological polar surface area (TPSA) is 132 Å². The summed E-state index contributed by atoms with van der Waals surface area (Å²) in [4.78, 5) is 26.0. The van der Waals surface area contributed by atoms with Gasteiger partial charge in [-0.3, -0.25) is 10.1 Å². The fourth-order valence-corrected chi connectivity index (χ4v) is 1.56. The Morgan fingerprint density at radius 3 is 2.60 bits per heavy atom. The van der Waals surface area contributed by atoms with Gasteiger partial charge in [-0.25, -0.2) is 15.6 Å². The normalized spacial score (nSPS) is 11.8. The van der Waals surface area contributed by atoms with E-state index in [9.17, 15) is 14.9 Å². The summed E-state index contributed by atoms with van der Waals surface area (Å²) in [5, 5.41) is 13.7. The van der Waals surface area contributed by atoms with Crippen molar-refractivity contribution in [2.24, 2.45) is 11.8 Å². The van der Waals surface area contributed by atoms with Gasteiger partial charge in [-0.1, -0.05) is 13.8 Å².